The van der Waals surface area contributed by atoms with Gasteiger partial charge in [0.25, 0.3) is 0 Å². The Morgan fingerprint density at radius 3 is 2.56 bits per heavy atom. The standard InChI is InChI=1S/C6H11NO2/c1-4(8)6-2-5(9)3-7-6/h5-9H,1-3H2/t5-,6+/m1/s1. The molecule has 3 heteroatoms. The number of hydrogen-bond donors (Lipinski definition) is 3. The first-order chi connectivity index (χ1) is 4.20. The molecule has 0 bridgehead atoms. The van der Waals surface area contributed by atoms with E-state index in [0.29, 0.717) is 13.0 Å². The average Bonchev–Trinajstić information content (AvgIpc) is 2.14. The largest absolute Gasteiger partial charge is 0.511 e. The molecular weight excluding hydrogens is 118 g/mol. The van der Waals surface area contributed by atoms with Gasteiger partial charge >= 0.3 is 0 Å². The van der Waals surface area contributed by atoms with Gasteiger partial charge in [-0.3, -0.25) is 0 Å². The van der Waals surface area contributed by atoms with Crippen LogP contribution < -0.4 is 5.32 Å². The number of aliphatic hydroxyl groups is 2. The van der Waals surface area contributed by atoms with Crippen LogP contribution in [0.4, 0.5) is 0 Å². The van der Waals surface area contributed by atoms with Gasteiger partial charge in [-0.15, -0.1) is 0 Å². The highest BCUT2D eigenvalue weighted by atomic mass is 16.3. The van der Waals surface area contributed by atoms with Gasteiger partial charge in [0.2, 0.25) is 0 Å². The molecule has 1 aliphatic heterocycles. The lowest BCUT2D eigenvalue weighted by molar-refractivity contribution is 0.192. The predicted molar refractivity (Wildman–Crippen MR) is 34.2 cm³/mol. The molecule has 2 atom stereocenters. The summed E-state index contributed by atoms with van der Waals surface area (Å²) in [5.41, 5.74) is 0. The lowest BCUT2D eigenvalue weighted by Gasteiger charge is -2.05. The summed E-state index contributed by atoms with van der Waals surface area (Å²) in [6.45, 7) is 3.91. The summed E-state index contributed by atoms with van der Waals surface area (Å²) in [5, 5.41) is 20.6. The van der Waals surface area contributed by atoms with Gasteiger partial charge in [-0.25, -0.2) is 0 Å². The van der Waals surface area contributed by atoms with Gasteiger partial charge in [0.15, 0.2) is 0 Å². The fourth-order valence-corrected chi connectivity index (χ4v) is 0.971. The number of aliphatic hydroxyl groups excluding tert-OH is 2. The van der Waals surface area contributed by atoms with Crippen LogP contribution in [0.2, 0.25) is 0 Å². The summed E-state index contributed by atoms with van der Waals surface area (Å²) < 4.78 is 0. The zero-order chi connectivity index (χ0) is 6.85. The number of hydrogen-bond acceptors (Lipinski definition) is 3. The molecule has 0 aromatic heterocycles. The Bertz CT molecular complexity index is 124. The molecule has 9 heavy (non-hydrogen) atoms. The third-order valence-corrected chi connectivity index (χ3v) is 1.51. The second-order valence-electron chi connectivity index (χ2n) is 2.34. The fraction of sp³-hybridized carbons (Fsp3) is 0.667. The molecular formula is C6H11NO2. The van der Waals surface area contributed by atoms with Crippen LogP contribution in [0.5, 0.6) is 0 Å². The highest BCUT2D eigenvalue weighted by Crippen LogP contribution is 2.10. The number of rotatable bonds is 1. The van der Waals surface area contributed by atoms with E-state index in [-0.39, 0.29) is 17.9 Å². The van der Waals surface area contributed by atoms with E-state index in [4.69, 9.17) is 10.2 Å². The average molecular weight is 129 g/mol. The monoisotopic (exact) mass is 129 g/mol. The zero-order valence-corrected chi connectivity index (χ0v) is 5.17. The van der Waals surface area contributed by atoms with Crippen LogP contribution in [-0.4, -0.2) is 28.9 Å². The molecule has 0 aliphatic carbocycles. The highest BCUT2D eigenvalue weighted by molar-refractivity contribution is 4.99. The maximum absolute atomic E-state index is 8.93. The summed E-state index contributed by atoms with van der Waals surface area (Å²) in [6.07, 6.45) is 0.258. The van der Waals surface area contributed by atoms with E-state index in [0.717, 1.165) is 0 Å². The molecule has 0 saturated carbocycles. The molecule has 3 nitrogen and oxygen atoms in total. The van der Waals surface area contributed by atoms with Crippen molar-refractivity contribution in [2.45, 2.75) is 18.6 Å². The normalized spacial score (nSPS) is 34.8. The van der Waals surface area contributed by atoms with Crippen LogP contribution >= 0.6 is 0 Å². The Labute approximate surface area is 54.0 Å². The van der Waals surface area contributed by atoms with E-state index < -0.39 is 0 Å². The van der Waals surface area contributed by atoms with Crippen molar-refractivity contribution >= 4 is 0 Å². The van der Waals surface area contributed by atoms with E-state index in [9.17, 15) is 0 Å². The van der Waals surface area contributed by atoms with E-state index in [1.54, 1.807) is 0 Å². The molecule has 0 radical (unpaired) electrons. The van der Waals surface area contributed by atoms with Crippen LogP contribution in [0, 0.1) is 0 Å². The zero-order valence-electron chi connectivity index (χ0n) is 5.17. The van der Waals surface area contributed by atoms with Gasteiger partial charge in [0, 0.05) is 6.54 Å². The second-order valence-corrected chi connectivity index (χ2v) is 2.34. The first-order valence-corrected chi connectivity index (χ1v) is 2.99. The second kappa shape index (κ2) is 2.37. The van der Waals surface area contributed by atoms with Crippen molar-refractivity contribution in [3.8, 4) is 0 Å². The summed E-state index contributed by atoms with van der Waals surface area (Å²) in [6, 6.07) is -0.0972. The minimum Gasteiger partial charge on any atom is -0.511 e. The van der Waals surface area contributed by atoms with Gasteiger partial charge in [-0.2, -0.15) is 0 Å². The Morgan fingerprint density at radius 2 is 2.33 bits per heavy atom. The van der Waals surface area contributed by atoms with Crippen molar-refractivity contribution < 1.29 is 10.2 Å². The third-order valence-electron chi connectivity index (χ3n) is 1.51. The molecule has 52 valence electrons. The molecule has 1 saturated heterocycles. The minimum absolute atomic E-state index is 0.0972. The van der Waals surface area contributed by atoms with Crippen molar-refractivity contribution in [2.24, 2.45) is 0 Å². The highest BCUT2D eigenvalue weighted by Gasteiger charge is 2.23. The fourth-order valence-electron chi connectivity index (χ4n) is 0.971. The van der Waals surface area contributed by atoms with Gasteiger partial charge in [0.1, 0.15) is 5.76 Å². The van der Waals surface area contributed by atoms with E-state index in [1.807, 2.05) is 0 Å². The van der Waals surface area contributed by atoms with Crippen LogP contribution in [0.25, 0.3) is 0 Å². The van der Waals surface area contributed by atoms with Gasteiger partial charge < -0.3 is 15.5 Å². The SMILES string of the molecule is C=C(O)[C@@H]1C[C@@H](O)CN1. The maximum Gasteiger partial charge on any atom is 0.102 e. The lowest BCUT2D eigenvalue weighted by Crippen LogP contribution is -2.22. The third kappa shape index (κ3) is 1.43. The van der Waals surface area contributed by atoms with Crippen LogP contribution in [0.3, 0.4) is 0 Å². The van der Waals surface area contributed by atoms with Gasteiger partial charge in [-0.05, 0) is 6.42 Å². The summed E-state index contributed by atoms with van der Waals surface area (Å²) >= 11 is 0. The van der Waals surface area contributed by atoms with Crippen LogP contribution in [-0.2, 0) is 0 Å². The van der Waals surface area contributed by atoms with E-state index in [2.05, 4.69) is 11.9 Å². The van der Waals surface area contributed by atoms with Crippen molar-refractivity contribution in [2.75, 3.05) is 6.54 Å². The lowest BCUT2D eigenvalue weighted by atomic mass is 10.2. The Morgan fingerprint density at radius 1 is 1.67 bits per heavy atom. The smallest absolute Gasteiger partial charge is 0.102 e. The number of β-amino-alcohol motifs (C(OH)–C–C–N with tert-alkyl or cyclic N) is 1. The molecule has 3 N–H and O–H groups in total. The summed E-state index contributed by atoms with van der Waals surface area (Å²) in [7, 11) is 0. The quantitative estimate of drug-likeness (QED) is 0.429. The first-order valence-electron chi connectivity index (χ1n) is 2.99. The molecule has 1 aliphatic rings. The Hall–Kier alpha value is -0.540. The minimum atomic E-state index is -0.320. The molecule has 0 spiro atoms. The van der Waals surface area contributed by atoms with Crippen molar-refractivity contribution in [1.29, 1.82) is 0 Å². The molecule has 0 amide bonds. The summed E-state index contributed by atoms with van der Waals surface area (Å²) in [4.78, 5) is 0. The van der Waals surface area contributed by atoms with Gasteiger partial charge in [0.05, 0.1) is 12.1 Å². The maximum atomic E-state index is 8.93. The van der Waals surface area contributed by atoms with Crippen LogP contribution in [0.1, 0.15) is 6.42 Å². The molecule has 0 aromatic carbocycles. The molecule has 1 fully saturated rings. The van der Waals surface area contributed by atoms with Crippen molar-refractivity contribution in [3.63, 3.8) is 0 Å². The Kier molecular flexibility index (Phi) is 1.73. The predicted octanol–water partition coefficient (Wildman–Crippen LogP) is -0.219. The molecule has 0 aromatic rings. The molecule has 1 rings (SSSR count). The summed E-state index contributed by atoms with van der Waals surface area (Å²) in [5.74, 6) is 0.117. The first kappa shape index (κ1) is 6.58. The molecule has 0 unspecified atom stereocenters. The topological polar surface area (TPSA) is 52.5 Å². The molecule has 1 heterocycles. The number of nitrogens with one attached hydrogen (secondary N) is 1. The van der Waals surface area contributed by atoms with Gasteiger partial charge in [-0.1, -0.05) is 6.58 Å². The Balaban J connectivity index is 2.39. The van der Waals surface area contributed by atoms with Crippen molar-refractivity contribution in [1.82, 2.24) is 5.32 Å². The van der Waals surface area contributed by atoms with E-state index in [1.165, 1.54) is 0 Å². The van der Waals surface area contributed by atoms with Crippen LogP contribution in [0.15, 0.2) is 12.3 Å². The van der Waals surface area contributed by atoms with Crippen molar-refractivity contribution in [3.05, 3.63) is 12.3 Å². The van der Waals surface area contributed by atoms with E-state index >= 15 is 0 Å².